The van der Waals surface area contributed by atoms with Crippen LogP contribution in [-0.4, -0.2) is 196 Å². The predicted molar refractivity (Wildman–Crippen MR) is 228 cm³/mol. The molecule has 0 aromatic rings. The van der Waals surface area contributed by atoms with Crippen LogP contribution in [0.2, 0.25) is 0 Å². The van der Waals surface area contributed by atoms with Gasteiger partial charge in [0.25, 0.3) is 0 Å². The second kappa shape index (κ2) is 36.7. The van der Waals surface area contributed by atoms with Crippen molar-refractivity contribution < 1.29 is 9.59 Å². The highest BCUT2D eigenvalue weighted by Gasteiger charge is 2.16. The van der Waals surface area contributed by atoms with Crippen molar-refractivity contribution in [1.82, 2.24) is 46.6 Å². The molecule has 0 radical (unpaired) electrons. The maximum atomic E-state index is 12.6. The average molecular weight is 787 g/mol. The molecule has 0 aliphatic rings. The largest absolute Gasteiger partial charge is 0.370 e. The van der Waals surface area contributed by atoms with E-state index in [1.54, 1.807) is 7.05 Å². The highest BCUT2D eigenvalue weighted by Crippen LogP contribution is 2.03. The molecule has 20 N–H and O–H groups in total. The molecule has 0 aliphatic heterocycles. The molecule has 20 nitrogen and oxygen atoms in total. The van der Waals surface area contributed by atoms with Crippen LogP contribution in [0.1, 0.15) is 44.9 Å². The molecule has 0 fully saturated rings. The molecule has 0 aromatic heterocycles. The Bertz CT molecular complexity index is 983. The number of carbonyl (C=O) groups is 2. The van der Waals surface area contributed by atoms with Gasteiger partial charge in [-0.05, 0) is 65.7 Å². The van der Waals surface area contributed by atoms with Crippen LogP contribution in [0.5, 0.6) is 0 Å². The van der Waals surface area contributed by atoms with Crippen LogP contribution in [0.3, 0.4) is 0 Å². The monoisotopic (exact) mass is 787 g/mol. The number of hydrogen-bond donors (Lipinski definition) is 13. The second-order valence-corrected chi connectivity index (χ2v) is 13.7. The summed E-state index contributed by atoms with van der Waals surface area (Å²) in [5.41, 5.74) is 39.1. The number of nitrogens with one attached hydrogen (secondary N) is 6. The topological polar surface area (TPSA) is 323 Å². The Kier molecular flexibility index (Phi) is 34.8. The molecule has 324 valence electrons. The molecule has 20 heteroatoms. The van der Waals surface area contributed by atoms with E-state index in [2.05, 4.69) is 56.6 Å². The molecule has 2 amide bonds. The number of nitrogens with zero attached hydrogens (tertiary/aromatic N) is 5. The lowest BCUT2D eigenvalue weighted by Crippen LogP contribution is -2.45. The lowest BCUT2D eigenvalue weighted by atomic mass is 10.1. The third-order valence-corrected chi connectivity index (χ3v) is 9.08. The summed E-state index contributed by atoms with van der Waals surface area (Å²) in [6.45, 7) is 15.6. The van der Waals surface area contributed by atoms with Crippen LogP contribution in [0.15, 0.2) is 9.98 Å². The maximum absolute atomic E-state index is 12.6. The summed E-state index contributed by atoms with van der Waals surface area (Å²) >= 11 is 0. The zero-order chi connectivity index (χ0) is 40.9. The van der Waals surface area contributed by atoms with Gasteiger partial charge in [0.05, 0.1) is 12.1 Å². The van der Waals surface area contributed by atoms with Crippen molar-refractivity contribution >= 4 is 23.7 Å². The van der Waals surface area contributed by atoms with Crippen LogP contribution in [0, 0.1) is 0 Å². The minimum absolute atomic E-state index is 0.0236. The van der Waals surface area contributed by atoms with E-state index in [1.807, 2.05) is 7.05 Å². The summed E-state index contributed by atoms with van der Waals surface area (Å²) in [7, 11) is 3.77. The van der Waals surface area contributed by atoms with Gasteiger partial charge >= 0.3 is 0 Å². The van der Waals surface area contributed by atoms with Gasteiger partial charge in [-0.25, -0.2) is 0 Å². The molecule has 2 atom stereocenters. The smallest absolute Gasteiger partial charge is 0.237 e. The molecule has 0 heterocycles. The van der Waals surface area contributed by atoms with Crippen molar-refractivity contribution in [2.24, 2.45) is 50.1 Å². The van der Waals surface area contributed by atoms with Gasteiger partial charge in [-0.1, -0.05) is 6.42 Å². The number of carbonyl (C=O) groups excluding carboxylic acids is 2. The lowest BCUT2D eigenvalue weighted by molar-refractivity contribution is -0.123. The van der Waals surface area contributed by atoms with E-state index < -0.39 is 6.04 Å². The first-order valence-corrected chi connectivity index (χ1v) is 20.3. The zero-order valence-corrected chi connectivity index (χ0v) is 34.3. The minimum Gasteiger partial charge on any atom is -0.370 e. The fraction of sp³-hybridized carbons (Fsp3) is 0.886. The van der Waals surface area contributed by atoms with Gasteiger partial charge in [0, 0.05) is 118 Å². The van der Waals surface area contributed by atoms with Gasteiger partial charge in [0.2, 0.25) is 11.8 Å². The molecule has 0 bridgehead atoms. The summed E-state index contributed by atoms with van der Waals surface area (Å²) < 4.78 is 0. The van der Waals surface area contributed by atoms with E-state index in [0.717, 1.165) is 104 Å². The molecule has 0 aromatic carbocycles. The molecule has 55 heavy (non-hydrogen) atoms. The van der Waals surface area contributed by atoms with E-state index in [-0.39, 0.29) is 29.8 Å². The Morgan fingerprint density at radius 1 is 0.545 bits per heavy atom. The van der Waals surface area contributed by atoms with E-state index in [9.17, 15) is 9.59 Å². The molecule has 0 saturated carbocycles. The van der Waals surface area contributed by atoms with Gasteiger partial charge in [-0.3, -0.25) is 24.5 Å². The van der Waals surface area contributed by atoms with Crippen molar-refractivity contribution in [3.8, 4) is 0 Å². The average Bonchev–Trinajstić information content (AvgIpc) is 3.15. The molecular formula is C35H82N18O2. The fourth-order valence-electron chi connectivity index (χ4n) is 5.84. The highest BCUT2D eigenvalue weighted by molar-refractivity contribution is 5.82. The summed E-state index contributed by atoms with van der Waals surface area (Å²) in [6, 6.07) is -0.873. The second-order valence-electron chi connectivity index (χ2n) is 13.7. The van der Waals surface area contributed by atoms with Crippen LogP contribution in [0.4, 0.5) is 0 Å². The Hall–Kier alpha value is -2.92. The van der Waals surface area contributed by atoms with Crippen LogP contribution in [0.25, 0.3) is 0 Å². The molecule has 0 rings (SSSR count). The Morgan fingerprint density at radius 2 is 1.07 bits per heavy atom. The minimum atomic E-state index is -0.588. The Labute approximate surface area is 331 Å². The normalized spacial score (nSPS) is 12.6. The summed E-state index contributed by atoms with van der Waals surface area (Å²) in [4.78, 5) is 40.3. The molecule has 0 saturated heterocycles. The third kappa shape index (κ3) is 31.9. The molecular weight excluding hydrogens is 705 g/mol. The first kappa shape index (κ1) is 52.1. The predicted octanol–water partition coefficient (Wildman–Crippen LogP) is -5.37. The van der Waals surface area contributed by atoms with E-state index in [0.29, 0.717) is 71.5 Å². The van der Waals surface area contributed by atoms with E-state index in [1.165, 1.54) is 0 Å². The fourth-order valence-corrected chi connectivity index (χ4v) is 5.84. The summed E-state index contributed by atoms with van der Waals surface area (Å²) in [5, 5.41) is 19.2. The first-order valence-electron chi connectivity index (χ1n) is 20.3. The Morgan fingerprint density at radius 3 is 1.64 bits per heavy atom. The van der Waals surface area contributed by atoms with Crippen molar-refractivity contribution in [3.63, 3.8) is 0 Å². The number of amides is 2. The van der Waals surface area contributed by atoms with Gasteiger partial charge in [0.15, 0.2) is 11.9 Å². The number of rotatable bonds is 39. The van der Waals surface area contributed by atoms with Gasteiger partial charge in [-0.15, -0.1) is 0 Å². The number of unbranched alkanes of at least 4 members (excludes halogenated alkanes) is 2. The van der Waals surface area contributed by atoms with Crippen molar-refractivity contribution in [1.29, 1.82) is 0 Å². The first-order chi connectivity index (χ1) is 26.6. The molecule has 0 aliphatic carbocycles. The van der Waals surface area contributed by atoms with Gasteiger partial charge in [0.1, 0.15) is 0 Å². The number of likely N-dealkylation sites (N-methyl/N-ethyl adjacent to an activating group) is 2. The summed E-state index contributed by atoms with van der Waals surface area (Å²) in [6.07, 6.45) is 5.75. The quantitative estimate of drug-likeness (QED) is 0.0157. The van der Waals surface area contributed by atoms with Crippen molar-refractivity contribution in [3.05, 3.63) is 0 Å². The standard InChI is InChI=1S/C35H82N18O2/c1-43-17-24-53(26-18-45-14-10-36)29-28-52(25-19-46-15-16-47-33(55)31(44-2)9-7-13-50-35(41)42)22-5-3-4-21-51(23-11-37)27-20-48-32(54)30(38)8-6-12-49-34(39)40/h30-31,43-46H,3-29,36-38H2,1-2H3,(H,47,55)(H,48,54)(H4,39,40,49)(H4,41,42,50). The van der Waals surface area contributed by atoms with Gasteiger partial charge < -0.3 is 81.8 Å². The van der Waals surface area contributed by atoms with Crippen LogP contribution >= 0.6 is 0 Å². The van der Waals surface area contributed by atoms with Gasteiger partial charge in [-0.2, -0.15) is 0 Å². The molecule has 0 spiro atoms. The van der Waals surface area contributed by atoms with Crippen LogP contribution in [-0.2, 0) is 9.59 Å². The number of nitrogens with two attached hydrogens (primary N) is 7. The Balaban J connectivity index is 4.86. The van der Waals surface area contributed by atoms with Crippen LogP contribution < -0.4 is 72.0 Å². The maximum Gasteiger partial charge on any atom is 0.237 e. The number of guanidine groups is 2. The number of aliphatic imine (C=N–C) groups is 2. The van der Waals surface area contributed by atoms with Crippen molar-refractivity contribution in [2.45, 2.75) is 57.0 Å². The SMILES string of the molecule is CNCCN(CCNCCN)CCN(CCCCCN(CCN)CCNC(=O)C(N)CCCN=C(N)N)CCNCCNC(=O)C(CCCN=C(N)N)NC. The van der Waals surface area contributed by atoms with E-state index >= 15 is 0 Å². The van der Waals surface area contributed by atoms with E-state index in [4.69, 9.17) is 40.1 Å². The zero-order valence-electron chi connectivity index (χ0n) is 34.3. The third-order valence-electron chi connectivity index (χ3n) is 9.08. The number of hydrogen-bond acceptors (Lipinski definition) is 14. The summed E-state index contributed by atoms with van der Waals surface area (Å²) in [5.74, 6) is -0.0839. The van der Waals surface area contributed by atoms with Crippen molar-refractivity contribution in [2.75, 3.05) is 145 Å². The highest BCUT2D eigenvalue weighted by atomic mass is 16.2. The lowest BCUT2D eigenvalue weighted by Gasteiger charge is -2.28. The molecule has 2 unspecified atom stereocenters.